The van der Waals surface area contributed by atoms with Gasteiger partial charge in [0.2, 0.25) is 0 Å². The Morgan fingerprint density at radius 2 is 1.94 bits per heavy atom. The van der Waals surface area contributed by atoms with Crippen molar-refractivity contribution in [2.24, 2.45) is 5.41 Å². The van der Waals surface area contributed by atoms with E-state index in [9.17, 15) is 4.79 Å². The first-order valence-electron chi connectivity index (χ1n) is 5.64. The maximum atomic E-state index is 10.9. The molecule has 0 saturated heterocycles. The van der Waals surface area contributed by atoms with Crippen molar-refractivity contribution >= 4 is 6.29 Å². The van der Waals surface area contributed by atoms with Crippen LogP contribution in [0.4, 0.5) is 0 Å². The molecule has 0 aliphatic carbocycles. The fourth-order valence-corrected chi connectivity index (χ4v) is 1.87. The van der Waals surface area contributed by atoms with E-state index in [-0.39, 0.29) is 5.41 Å². The van der Waals surface area contributed by atoms with Crippen LogP contribution < -0.4 is 0 Å². The summed E-state index contributed by atoms with van der Waals surface area (Å²) < 4.78 is 0. The molecule has 1 rings (SSSR count). The lowest BCUT2D eigenvalue weighted by molar-refractivity contribution is -0.115. The number of nitrogens with zero attached hydrogens (tertiary/aromatic N) is 1. The molecule has 0 unspecified atom stereocenters. The Morgan fingerprint density at radius 1 is 1.31 bits per heavy atom. The highest BCUT2D eigenvalue weighted by molar-refractivity contribution is 5.58. The first-order chi connectivity index (χ1) is 7.44. The zero-order chi connectivity index (χ0) is 12.2. The normalized spacial score (nSPS) is 11.8. The van der Waals surface area contributed by atoms with Gasteiger partial charge >= 0.3 is 0 Å². The zero-order valence-electron chi connectivity index (χ0n) is 10.7. The van der Waals surface area contributed by atoms with Crippen LogP contribution in [0.1, 0.15) is 25.0 Å². The molecule has 16 heavy (non-hydrogen) atoms. The molecule has 1 aromatic carbocycles. The molecule has 0 atom stereocenters. The Hall–Kier alpha value is -1.15. The van der Waals surface area contributed by atoms with Gasteiger partial charge in [-0.05, 0) is 25.1 Å². The summed E-state index contributed by atoms with van der Waals surface area (Å²) in [4.78, 5) is 13.0. The van der Waals surface area contributed by atoms with E-state index in [0.717, 1.165) is 19.4 Å². The molecular formula is C14H21NO. The maximum absolute atomic E-state index is 10.9. The smallest absolute Gasteiger partial charge is 0.126 e. The van der Waals surface area contributed by atoms with E-state index in [2.05, 4.69) is 37.1 Å². The predicted molar refractivity (Wildman–Crippen MR) is 67.4 cm³/mol. The van der Waals surface area contributed by atoms with Gasteiger partial charge in [0, 0.05) is 18.5 Å². The molecule has 0 amide bonds. The number of rotatable bonds is 5. The average molecular weight is 219 g/mol. The van der Waals surface area contributed by atoms with E-state index in [1.807, 2.05) is 19.9 Å². The van der Waals surface area contributed by atoms with Gasteiger partial charge in [-0.3, -0.25) is 0 Å². The third kappa shape index (κ3) is 3.78. The monoisotopic (exact) mass is 219 g/mol. The first kappa shape index (κ1) is 12.9. The second-order valence-electron chi connectivity index (χ2n) is 5.21. The lowest BCUT2D eigenvalue weighted by atomic mass is 9.95. The van der Waals surface area contributed by atoms with Crippen LogP contribution in [0.5, 0.6) is 0 Å². The molecular weight excluding hydrogens is 198 g/mol. The fraction of sp³-hybridized carbons (Fsp3) is 0.500. The van der Waals surface area contributed by atoms with Crippen molar-refractivity contribution in [2.75, 3.05) is 13.6 Å². The molecule has 0 spiro atoms. The van der Waals surface area contributed by atoms with Gasteiger partial charge in [0.25, 0.3) is 0 Å². The Morgan fingerprint density at radius 3 is 2.50 bits per heavy atom. The van der Waals surface area contributed by atoms with E-state index >= 15 is 0 Å². The lowest BCUT2D eigenvalue weighted by Crippen LogP contribution is -2.32. The summed E-state index contributed by atoms with van der Waals surface area (Å²) in [6, 6.07) is 8.36. The quantitative estimate of drug-likeness (QED) is 0.710. The third-order valence-electron chi connectivity index (χ3n) is 2.70. The second-order valence-corrected chi connectivity index (χ2v) is 5.21. The van der Waals surface area contributed by atoms with Gasteiger partial charge in [0.15, 0.2) is 0 Å². The van der Waals surface area contributed by atoms with Gasteiger partial charge in [-0.15, -0.1) is 0 Å². The SMILES string of the molecule is Cc1ccccc1CN(C)CC(C)(C)C=O. The topological polar surface area (TPSA) is 20.3 Å². The second kappa shape index (κ2) is 5.26. The Balaban J connectivity index is 2.62. The number of carbonyl (C=O) groups excluding carboxylic acids is 1. The van der Waals surface area contributed by atoms with Crippen molar-refractivity contribution < 1.29 is 4.79 Å². The minimum atomic E-state index is -0.266. The van der Waals surface area contributed by atoms with Crippen molar-refractivity contribution in [3.8, 4) is 0 Å². The Bertz CT molecular complexity index is 358. The van der Waals surface area contributed by atoms with Crippen molar-refractivity contribution in [3.05, 3.63) is 35.4 Å². The molecule has 0 aliphatic rings. The molecule has 0 radical (unpaired) electrons. The van der Waals surface area contributed by atoms with Gasteiger partial charge in [0.1, 0.15) is 6.29 Å². The Kier molecular flexibility index (Phi) is 4.25. The van der Waals surface area contributed by atoms with Gasteiger partial charge in [-0.2, -0.15) is 0 Å². The van der Waals surface area contributed by atoms with E-state index in [4.69, 9.17) is 0 Å². The maximum Gasteiger partial charge on any atom is 0.126 e. The van der Waals surface area contributed by atoms with Crippen molar-refractivity contribution in [2.45, 2.75) is 27.3 Å². The third-order valence-corrected chi connectivity index (χ3v) is 2.70. The predicted octanol–water partition coefficient (Wildman–Crippen LogP) is 2.65. The van der Waals surface area contributed by atoms with Crippen LogP contribution in [0, 0.1) is 12.3 Å². The van der Waals surface area contributed by atoms with Gasteiger partial charge in [0.05, 0.1) is 0 Å². The van der Waals surface area contributed by atoms with E-state index in [1.54, 1.807) is 0 Å². The molecule has 2 heteroatoms. The van der Waals surface area contributed by atoms with Crippen molar-refractivity contribution in [1.82, 2.24) is 4.90 Å². The molecule has 0 aliphatic heterocycles. The van der Waals surface area contributed by atoms with Crippen LogP contribution in [-0.2, 0) is 11.3 Å². The lowest BCUT2D eigenvalue weighted by Gasteiger charge is -2.25. The van der Waals surface area contributed by atoms with Gasteiger partial charge in [-0.25, -0.2) is 0 Å². The number of benzene rings is 1. The number of hydrogen-bond acceptors (Lipinski definition) is 2. The molecule has 1 aromatic rings. The highest BCUT2D eigenvalue weighted by Gasteiger charge is 2.19. The van der Waals surface area contributed by atoms with E-state index < -0.39 is 0 Å². The molecule has 0 saturated carbocycles. The van der Waals surface area contributed by atoms with Crippen LogP contribution in [0.25, 0.3) is 0 Å². The summed E-state index contributed by atoms with van der Waals surface area (Å²) in [5.74, 6) is 0. The van der Waals surface area contributed by atoms with Crippen molar-refractivity contribution in [1.29, 1.82) is 0 Å². The summed E-state index contributed by atoms with van der Waals surface area (Å²) >= 11 is 0. The summed E-state index contributed by atoms with van der Waals surface area (Å²) in [6.45, 7) is 7.73. The summed E-state index contributed by atoms with van der Waals surface area (Å²) in [5, 5.41) is 0. The van der Waals surface area contributed by atoms with Crippen LogP contribution in [0.2, 0.25) is 0 Å². The van der Waals surface area contributed by atoms with Crippen LogP contribution >= 0.6 is 0 Å². The molecule has 0 heterocycles. The largest absolute Gasteiger partial charge is 0.303 e. The summed E-state index contributed by atoms with van der Waals surface area (Å²) in [7, 11) is 2.05. The van der Waals surface area contributed by atoms with E-state index in [0.29, 0.717) is 0 Å². The molecule has 0 bridgehead atoms. The molecule has 0 fully saturated rings. The molecule has 88 valence electrons. The number of aryl methyl sites for hydroxylation is 1. The Labute approximate surface area is 98.3 Å². The zero-order valence-corrected chi connectivity index (χ0v) is 10.7. The van der Waals surface area contributed by atoms with Crippen LogP contribution in [0.3, 0.4) is 0 Å². The minimum Gasteiger partial charge on any atom is -0.303 e. The van der Waals surface area contributed by atoms with Gasteiger partial charge in [-0.1, -0.05) is 38.1 Å². The highest BCUT2D eigenvalue weighted by Crippen LogP contribution is 2.15. The first-order valence-corrected chi connectivity index (χ1v) is 5.64. The standard InChI is InChI=1S/C14H21NO/c1-12-7-5-6-8-13(12)9-15(4)10-14(2,3)11-16/h5-8,11H,9-10H2,1-4H3. The minimum absolute atomic E-state index is 0.266. The van der Waals surface area contributed by atoms with Crippen LogP contribution in [0.15, 0.2) is 24.3 Å². The fourth-order valence-electron chi connectivity index (χ4n) is 1.87. The van der Waals surface area contributed by atoms with Crippen molar-refractivity contribution in [3.63, 3.8) is 0 Å². The van der Waals surface area contributed by atoms with Crippen LogP contribution in [-0.4, -0.2) is 24.8 Å². The summed E-state index contributed by atoms with van der Waals surface area (Å²) in [6.07, 6.45) is 1.03. The number of aldehydes is 1. The average Bonchev–Trinajstić information content (AvgIpc) is 2.21. The molecule has 0 N–H and O–H groups in total. The van der Waals surface area contributed by atoms with E-state index in [1.165, 1.54) is 11.1 Å². The van der Waals surface area contributed by atoms with Gasteiger partial charge < -0.3 is 9.69 Å². The molecule has 2 nitrogen and oxygen atoms in total. The molecule has 0 aromatic heterocycles. The summed E-state index contributed by atoms with van der Waals surface area (Å²) in [5.41, 5.74) is 2.36. The highest BCUT2D eigenvalue weighted by atomic mass is 16.1. The number of hydrogen-bond donors (Lipinski definition) is 0. The number of carbonyl (C=O) groups is 1.